The third-order valence-corrected chi connectivity index (χ3v) is 3.81. The second kappa shape index (κ2) is 12.7. The van der Waals surface area contributed by atoms with Crippen LogP contribution in [0.15, 0.2) is 18.2 Å². The van der Waals surface area contributed by atoms with Crippen molar-refractivity contribution < 1.29 is 33.7 Å². The van der Waals surface area contributed by atoms with Gasteiger partial charge in [-0.25, -0.2) is 9.59 Å². The summed E-state index contributed by atoms with van der Waals surface area (Å²) in [7, 11) is 0. The van der Waals surface area contributed by atoms with Crippen molar-refractivity contribution in [2.45, 2.75) is 46.1 Å². The third kappa shape index (κ3) is 7.56. The minimum Gasteiger partial charge on any atom is -0.466 e. The molecule has 0 aliphatic rings. The number of aliphatic hydroxyl groups excluding tert-OH is 1. The largest absolute Gasteiger partial charge is 0.466 e. The Hall–Kier alpha value is -2.61. The smallest absolute Gasteiger partial charge is 0.340 e. The molecular weight excluding hydrogens is 366 g/mol. The Bertz CT molecular complexity index is 660. The van der Waals surface area contributed by atoms with E-state index in [0.29, 0.717) is 18.5 Å². The second-order valence-electron chi connectivity index (χ2n) is 5.92. The summed E-state index contributed by atoms with van der Waals surface area (Å²) < 4.78 is 15.0. The first-order chi connectivity index (χ1) is 13.5. The molecule has 1 atom stereocenters. The van der Waals surface area contributed by atoms with Crippen LogP contribution in [-0.2, 0) is 19.0 Å². The number of carbonyl (C=O) groups excluding carboxylic acids is 3. The van der Waals surface area contributed by atoms with Gasteiger partial charge < -0.3 is 24.6 Å². The Morgan fingerprint density at radius 1 is 1.00 bits per heavy atom. The van der Waals surface area contributed by atoms with Crippen molar-refractivity contribution in [3.8, 4) is 0 Å². The molecule has 0 amide bonds. The van der Waals surface area contributed by atoms with Gasteiger partial charge in [0, 0.05) is 18.3 Å². The molecule has 28 heavy (non-hydrogen) atoms. The van der Waals surface area contributed by atoms with Gasteiger partial charge in [0.15, 0.2) is 0 Å². The molecule has 1 rings (SSSR count). The number of anilines is 1. The first-order valence-electron chi connectivity index (χ1n) is 9.48. The summed E-state index contributed by atoms with van der Waals surface area (Å²) >= 11 is 0. The van der Waals surface area contributed by atoms with E-state index >= 15 is 0 Å². The molecular formula is C20H29NO7. The average Bonchev–Trinajstić information content (AvgIpc) is 2.66. The fraction of sp³-hybridized carbons (Fsp3) is 0.550. The first-order valence-corrected chi connectivity index (χ1v) is 9.48. The molecule has 8 heteroatoms. The Labute approximate surface area is 165 Å². The van der Waals surface area contributed by atoms with Crippen molar-refractivity contribution in [2.75, 3.05) is 31.7 Å². The average molecular weight is 395 g/mol. The number of rotatable bonds is 12. The molecule has 0 saturated carbocycles. The zero-order valence-corrected chi connectivity index (χ0v) is 16.7. The molecule has 0 unspecified atom stereocenters. The summed E-state index contributed by atoms with van der Waals surface area (Å²) in [5.74, 6) is -1.50. The molecule has 0 aliphatic carbocycles. The van der Waals surface area contributed by atoms with Crippen LogP contribution in [0.25, 0.3) is 0 Å². The molecule has 0 fully saturated rings. The lowest BCUT2D eigenvalue weighted by molar-refractivity contribution is -0.143. The molecule has 1 aromatic rings. The summed E-state index contributed by atoms with van der Waals surface area (Å²) in [4.78, 5) is 36.2. The van der Waals surface area contributed by atoms with Gasteiger partial charge in [0.05, 0.1) is 37.4 Å². The standard InChI is InChI=1S/C20H29NO7/c1-4-26-18(23)13-15(8-7-11-22)21-17-10-9-14(19(24)27-5-2)12-16(17)20(25)28-6-3/h9-10,12,15,21-22H,4-8,11,13H2,1-3H3/t15-/m0/s1. The highest BCUT2D eigenvalue weighted by Crippen LogP contribution is 2.22. The van der Waals surface area contributed by atoms with Crippen LogP contribution in [0.5, 0.6) is 0 Å². The molecule has 156 valence electrons. The maximum atomic E-state index is 12.4. The summed E-state index contributed by atoms with van der Waals surface area (Å²) in [5.41, 5.74) is 0.830. The molecule has 0 aliphatic heterocycles. The maximum Gasteiger partial charge on any atom is 0.340 e. The summed E-state index contributed by atoms with van der Waals surface area (Å²) in [6.45, 7) is 5.75. The maximum absolute atomic E-state index is 12.4. The van der Waals surface area contributed by atoms with E-state index in [2.05, 4.69) is 5.32 Å². The highest BCUT2D eigenvalue weighted by molar-refractivity contribution is 5.99. The topological polar surface area (TPSA) is 111 Å². The highest BCUT2D eigenvalue weighted by Gasteiger charge is 2.21. The SMILES string of the molecule is CCOC(=O)C[C@H](CCCO)Nc1ccc(C(=O)OCC)cc1C(=O)OCC. The molecule has 0 heterocycles. The molecule has 0 aromatic heterocycles. The second-order valence-corrected chi connectivity index (χ2v) is 5.92. The first kappa shape index (κ1) is 23.4. The zero-order chi connectivity index (χ0) is 20.9. The van der Waals surface area contributed by atoms with Crippen LogP contribution in [0.4, 0.5) is 5.69 Å². The summed E-state index contributed by atoms with van der Waals surface area (Å²) in [6.07, 6.45) is 1.06. The fourth-order valence-electron chi connectivity index (χ4n) is 2.59. The van der Waals surface area contributed by atoms with Crippen molar-refractivity contribution in [3.05, 3.63) is 29.3 Å². The minimum atomic E-state index is -0.590. The van der Waals surface area contributed by atoms with Crippen LogP contribution in [0, 0.1) is 0 Å². The van der Waals surface area contributed by atoms with Crippen LogP contribution in [0.2, 0.25) is 0 Å². The van der Waals surface area contributed by atoms with Crippen molar-refractivity contribution >= 4 is 23.6 Å². The van der Waals surface area contributed by atoms with Crippen molar-refractivity contribution in [1.82, 2.24) is 0 Å². The zero-order valence-electron chi connectivity index (χ0n) is 16.7. The van der Waals surface area contributed by atoms with E-state index in [0.717, 1.165) is 0 Å². The molecule has 0 spiro atoms. The van der Waals surface area contributed by atoms with Gasteiger partial charge in [0.25, 0.3) is 0 Å². The van der Waals surface area contributed by atoms with Gasteiger partial charge >= 0.3 is 17.9 Å². The lowest BCUT2D eigenvalue weighted by atomic mass is 10.0. The number of nitrogens with one attached hydrogen (secondary N) is 1. The normalized spacial score (nSPS) is 11.4. The Balaban J connectivity index is 3.13. The Morgan fingerprint density at radius 3 is 2.25 bits per heavy atom. The van der Waals surface area contributed by atoms with E-state index in [4.69, 9.17) is 19.3 Å². The predicted molar refractivity (Wildman–Crippen MR) is 103 cm³/mol. The van der Waals surface area contributed by atoms with Crippen LogP contribution < -0.4 is 5.32 Å². The number of hydrogen-bond acceptors (Lipinski definition) is 8. The Morgan fingerprint density at radius 2 is 1.64 bits per heavy atom. The lowest BCUT2D eigenvalue weighted by Gasteiger charge is -2.21. The Kier molecular flexibility index (Phi) is 10.6. The van der Waals surface area contributed by atoms with E-state index in [1.807, 2.05) is 0 Å². The van der Waals surface area contributed by atoms with Gasteiger partial charge in [-0.1, -0.05) is 0 Å². The van der Waals surface area contributed by atoms with E-state index in [1.165, 1.54) is 12.1 Å². The molecule has 1 aromatic carbocycles. The number of ether oxygens (including phenoxy) is 3. The van der Waals surface area contributed by atoms with E-state index in [-0.39, 0.29) is 56.0 Å². The summed E-state index contributed by atoms with van der Waals surface area (Å²) in [6, 6.07) is 4.17. The molecule has 0 bridgehead atoms. The van der Waals surface area contributed by atoms with E-state index < -0.39 is 11.9 Å². The van der Waals surface area contributed by atoms with Crippen LogP contribution in [-0.4, -0.2) is 55.5 Å². The van der Waals surface area contributed by atoms with E-state index in [1.54, 1.807) is 26.8 Å². The fourth-order valence-corrected chi connectivity index (χ4v) is 2.59. The molecule has 2 N–H and O–H groups in total. The highest BCUT2D eigenvalue weighted by atomic mass is 16.5. The van der Waals surface area contributed by atoms with Gasteiger partial charge in [0.2, 0.25) is 0 Å². The van der Waals surface area contributed by atoms with Crippen molar-refractivity contribution in [2.24, 2.45) is 0 Å². The van der Waals surface area contributed by atoms with Gasteiger partial charge in [-0.3, -0.25) is 4.79 Å². The van der Waals surface area contributed by atoms with Gasteiger partial charge in [-0.15, -0.1) is 0 Å². The lowest BCUT2D eigenvalue weighted by Crippen LogP contribution is -2.26. The van der Waals surface area contributed by atoms with Crippen molar-refractivity contribution in [1.29, 1.82) is 0 Å². The monoisotopic (exact) mass is 395 g/mol. The van der Waals surface area contributed by atoms with Crippen molar-refractivity contribution in [3.63, 3.8) is 0 Å². The number of aliphatic hydroxyl groups is 1. The molecule has 8 nitrogen and oxygen atoms in total. The predicted octanol–water partition coefficient (Wildman–Crippen LogP) is 2.55. The van der Waals surface area contributed by atoms with Gasteiger partial charge in [-0.05, 0) is 51.8 Å². The van der Waals surface area contributed by atoms with Crippen LogP contribution >= 0.6 is 0 Å². The minimum absolute atomic E-state index is 0.0203. The number of hydrogen-bond donors (Lipinski definition) is 2. The number of carbonyl (C=O) groups is 3. The van der Waals surface area contributed by atoms with Gasteiger partial charge in [0.1, 0.15) is 0 Å². The third-order valence-electron chi connectivity index (χ3n) is 3.81. The molecule has 0 radical (unpaired) electrons. The molecule has 0 saturated heterocycles. The quantitative estimate of drug-likeness (QED) is 0.410. The van der Waals surface area contributed by atoms with Crippen LogP contribution in [0.1, 0.15) is 60.7 Å². The number of esters is 3. The van der Waals surface area contributed by atoms with E-state index in [9.17, 15) is 14.4 Å². The number of benzene rings is 1. The van der Waals surface area contributed by atoms with Crippen LogP contribution in [0.3, 0.4) is 0 Å². The summed E-state index contributed by atoms with van der Waals surface area (Å²) in [5, 5.41) is 12.3. The van der Waals surface area contributed by atoms with Gasteiger partial charge in [-0.2, -0.15) is 0 Å².